The van der Waals surface area contributed by atoms with Gasteiger partial charge in [-0.15, -0.1) is 11.8 Å². The molecule has 0 heterocycles. The molecule has 0 aliphatic heterocycles. The lowest BCUT2D eigenvalue weighted by molar-refractivity contribution is -0.119. The molecule has 4 nitrogen and oxygen atoms in total. The van der Waals surface area contributed by atoms with Crippen LogP contribution in [0.5, 0.6) is 0 Å². The number of thioether (sulfide) groups is 1. The van der Waals surface area contributed by atoms with Crippen molar-refractivity contribution in [2.24, 2.45) is 17.8 Å². The maximum Gasteiger partial charge on any atom is 0.256 e. The van der Waals surface area contributed by atoms with Gasteiger partial charge in [-0.05, 0) is 79.0 Å². The van der Waals surface area contributed by atoms with E-state index < -0.39 is 0 Å². The smallest absolute Gasteiger partial charge is 0.256 e. The normalized spacial score (nSPS) is 22.0. The van der Waals surface area contributed by atoms with E-state index in [0.29, 0.717) is 29.1 Å². The average molecular weight is 493 g/mol. The lowest BCUT2D eigenvalue weighted by atomic mass is 9.84. The van der Waals surface area contributed by atoms with Crippen LogP contribution in [0.4, 0.5) is 5.69 Å². The topological polar surface area (TPSA) is 58.2 Å². The number of amides is 2. The van der Waals surface area contributed by atoms with Crippen molar-refractivity contribution in [3.63, 3.8) is 0 Å². The number of rotatable bonds is 9. The predicted molar refractivity (Wildman–Crippen MR) is 146 cm³/mol. The molecule has 2 aliphatic carbocycles. The van der Waals surface area contributed by atoms with Crippen LogP contribution in [0.3, 0.4) is 0 Å². The van der Waals surface area contributed by atoms with Crippen LogP contribution in [0, 0.1) is 17.8 Å². The molecule has 0 aromatic heterocycles. The summed E-state index contributed by atoms with van der Waals surface area (Å²) in [5, 5.41) is 6.46. The van der Waals surface area contributed by atoms with E-state index in [1.807, 2.05) is 24.3 Å². The van der Waals surface area contributed by atoms with Gasteiger partial charge in [-0.1, -0.05) is 64.4 Å². The van der Waals surface area contributed by atoms with Crippen molar-refractivity contribution in [2.75, 3.05) is 11.1 Å². The van der Waals surface area contributed by atoms with Crippen molar-refractivity contribution in [3.05, 3.63) is 59.2 Å². The van der Waals surface area contributed by atoms with Crippen LogP contribution in [-0.2, 0) is 4.79 Å². The minimum absolute atomic E-state index is 0.0488. The van der Waals surface area contributed by atoms with E-state index in [-0.39, 0.29) is 17.9 Å². The molecule has 2 aromatic carbocycles. The second kappa shape index (κ2) is 11.2. The number of hydrogen-bond acceptors (Lipinski definition) is 3. The van der Waals surface area contributed by atoms with Crippen LogP contribution in [-0.4, -0.2) is 23.6 Å². The van der Waals surface area contributed by atoms with Crippen LogP contribution >= 0.6 is 11.8 Å². The van der Waals surface area contributed by atoms with Crippen molar-refractivity contribution in [1.29, 1.82) is 0 Å². The fraction of sp³-hybridized carbons (Fsp3) is 0.533. The van der Waals surface area contributed by atoms with Crippen LogP contribution in [0.25, 0.3) is 0 Å². The van der Waals surface area contributed by atoms with E-state index in [9.17, 15) is 9.59 Å². The lowest BCUT2D eigenvalue weighted by Crippen LogP contribution is -2.40. The van der Waals surface area contributed by atoms with Crippen LogP contribution in [0.15, 0.2) is 47.4 Å². The molecule has 35 heavy (non-hydrogen) atoms. The maximum absolute atomic E-state index is 13.4. The number of benzene rings is 2. The quantitative estimate of drug-likeness (QED) is 0.363. The summed E-state index contributed by atoms with van der Waals surface area (Å²) in [5.74, 6) is 3.13. The molecule has 2 saturated carbocycles. The molecule has 4 atom stereocenters. The minimum atomic E-state index is -0.126. The molecular weight excluding hydrogens is 452 g/mol. The third-order valence-corrected chi connectivity index (χ3v) is 9.00. The van der Waals surface area contributed by atoms with Gasteiger partial charge in [-0.25, -0.2) is 0 Å². The largest absolute Gasteiger partial charge is 0.353 e. The van der Waals surface area contributed by atoms with Gasteiger partial charge in [0.1, 0.15) is 0 Å². The zero-order valence-electron chi connectivity index (χ0n) is 21.8. The molecule has 0 spiro atoms. The second-order valence-corrected chi connectivity index (χ2v) is 12.1. The molecule has 2 amide bonds. The van der Waals surface area contributed by atoms with Gasteiger partial charge in [0.25, 0.3) is 5.91 Å². The van der Waals surface area contributed by atoms with E-state index in [2.05, 4.69) is 63.5 Å². The number of para-hydroxylation sites is 1. The summed E-state index contributed by atoms with van der Waals surface area (Å²) in [6.07, 6.45) is 5.31. The Labute approximate surface area is 215 Å². The van der Waals surface area contributed by atoms with Crippen molar-refractivity contribution >= 4 is 29.3 Å². The average Bonchev–Trinajstić information content (AvgIpc) is 3.46. The van der Waals surface area contributed by atoms with Crippen molar-refractivity contribution in [2.45, 2.75) is 83.1 Å². The Hall–Kier alpha value is -2.27. The molecule has 2 N–H and O–H groups in total. The van der Waals surface area contributed by atoms with E-state index in [1.54, 1.807) is 0 Å². The van der Waals surface area contributed by atoms with Gasteiger partial charge in [-0.3, -0.25) is 9.59 Å². The first-order valence-electron chi connectivity index (χ1n) is 13.2. The molecule has 0 unspecified atom stereocenters. The van der Waals surface area contributed by atoms with E-state index in [1.165, 1.54) is 37.4 Å². The summed E-state index contributed by atoms with van der Waals surface area (Å²) in [5.41, 5.74) is 3.81. The molecule has 2 aromatic rings. The third-order valence-electron chi connectivity index (χ3n) is 7.93. The third kappa shape index (κ3) is 5.94. The molecule has 5 heteroatoms. The predicted octanol–water partition coefficient (Wildman–Crippen LogP) is 7.22. The molecule has 4 rings (SSSR count). The monoisotopic (exact) mass is 492 g/mol. The highest BCUT2D eigenvalue weighted by molar-refractivity contribution is 8.00. The zero-order chi connectivity index (χ0) is 25.1. The molecule has 2 fully saturated rings. The summed E-state index contributed by atoms with van der Waals surface area (Å²) in [7, 11) is 0. The SMILES string of the molecule is CC(C)c1cccc(C(C)C)c1NC(=O)c1ccccc1SCC(=O)N[C@@H](C)[C@H]1C[C@H]2CC[C@H]1C2. The number of carbonyl (C=O) groups is 2. The van der Waals surface area contributed by atoms with Crippen LogP contribution in [0.2, 0.25) is 0 Å². The molecule has 0 saturated heterocycles. The van der Waals surface area contributed by atoms with Crippen LogP contribution < -0.4 is 10.6 Å². The van der Waals surface area contributed by atoms with Gasteiger partial charge in [0, 0.05) is 16.6 Å². The Morgan fingerprint density at radius 2 is 1.60 bits per heavy atom. The standard InChI is InChI=1S/C30H40N2O2S/c1-18(2)23-10-8-11-24(19(3)4)29(23)32-30(34)25-9-6-7-12-27(25)35-17-28(33)31-20(5)26-16-21-13-14-22(26)15-21/h6-12,18-22,26H,13-17H2,1-5H3,(H,31,33)(H,32,34)/t20-,21-,22-,26+/m0/s1. The lowest BCUT2D eigenvalue weighted by Gasteiger charge is -2.28. The Morgan fingerprint density at radius 1 is 0.914 bits per heavy atom. The van der Waals surface area contributed by atoms with Gasteiger partial charge in [0.15, 0.2) is 0 Å². The van der Waals surface area contributed by atoms with E-state index in [4.69, 9.17) is 0 Å². The maximum atomic E-state index is 13.4. The number of nitrogens with one attached hydrogen (secondary N) is 2. The number of hydrogen-bond donors (Lipinski definition) is 2. The first-order chi connectivity index (χ1) is 16.7. The highest BCUT2D eigenvalue weighted by Crippen LogP contribution is 2.49. The van der Waals surface area contributed by atoms with E-state index in [0.717, 1.165) is 33.5 Å². The highest BCUT2D eigenvalue weighted by Gasteiger charge is 2.42. The first kappa shape index (κ1) is 25.8. The highest BCUT2D eigenvalue weighted by atomic mass is 32.2. The van der Waals surface area contributed by atoms with Gasteiger partial charge in [0.05, 0.1) is 11.3 Å². The van der Waals surface area contributed by atoms with Gasteiger partial charge in [0.2, 0.25) is 5.91 Å². The summed E-state index contributed by atoms with van der Waals surface area (Å²) in [4.78, 5) is 27.0. The summed E-state index contributed by atoms with van der Waals surface area (Å²) < 4.78 is 0. The van der Waals surface area contributed by atoms with Gasteiger partial charge in [-0.2, -0.15) is 0 Å². The van der Waals surface area contributed by atoms with Crippen molar-refractivity contribution < 1.29 is 9.59 Å². The number of fused-ring (bicyclic) bond motifs is 2. The number of carbonyl (C=O) groups excluding carboxylic acids is 2. The Kier molecular flexibility index (Phi) is 8.26. The number of anilines is 1. The molecule has 2 bridgehead atoms. The molecule has 188 valence electrons. The Balaban J connectivity index is 1.42. The minimum Gasteiger partial charge on any atom is -0.353 e. The first-order valence-corrected chi connectivity index (χ1v) is 14.2. The molecule has 0 radical (unpaired) electrons. The molecular formula is C30H40N2O2S. The van der Waals surface area contributed by atoms with Gasteiger partial charge < -0.3 is 10.6 Å². The summed E-state index contributed by atoms with van der Waals surface area (Å²) >= 11 is 1.44. The Morgan fingerprint density at radius 3 is 2.20 bits per heavy atom. The van der Waals surface area contributed by atoms with Crippen molar-refractivity contribution in [1.82, 2.24) is 5.32 Å². The fourth-order valence-electron chi connectivity index (χ4n) is 6.11. The summed E-state index contributed by atoms with van der Waals surface area (Å²) in [6, 6.07) is 14.1. The Bertz CT molecular complexity index is 1040. The second-order valence-electron chi connectivity index (χ2n) is 11.1. The zero-order valence-corrected chi connectivity index (χ0v) is 22.6. The van der Waals surface area contributed by atoms with Crippen LogP contribution in [0.1, 0.15) is 93.6 Å². The van der Waals surface area contributed by atoms with Crippen molar-refractivity contribution in [3.8, 4) is 0 Å². The van der Waals surface area contributed by atoms with Gasteiger partial charge >= 0.3 is 0 Å². The summed E-state index contributed by atoms with van der Waals surface area (Å²) in [6.45, 7) is 10.8. The fourth-order valence-corrected chi connectivity index (χ4v) is 6.97. The molecule has 2 aliphatic rings. The van der Waals surface area contributed by atoms with E-state index >= 15 is 0 Å².